The fourth-order valence-electron chi connectivity index (χ4n) is 3.30. The SMILES string of the molecule is CC(=O)c1ccc(S(=O)(=O)N2CCN(c3cc(C)nc4ncnn34)CC2)cc1. The van der Waals surface area contributed by atoms with Crippen LogP contribution in [0.5, 0.6) is 0 Å². The van der Waals surface area contributed by atoms with Crippen molar-refractivity contribution in [1.82, 2.24) is 23.9 Å². The lowest BCUT2D eigenvalue weighted by Gasteiger charge is -2.35. The van der Waals surface area contributed by atoms with E-state index in [1.54, 1.807) is 16.6 Å². The highest BCUT2D eigenvalue weighted by atomic mass is 32.2. The van der Waals surface area contributed by atoms with Gasteiger partial charge in [-0.3, -0.25) is 4.79 Å². The van der Waals surface area contributed by atoms with Crippen LogP contribution < -0.4 is 4.90 Å². The molecule has 0 saturated carbocycles. The molecule has 1 aliphatic heterocycles. The van der Waals surface area contributed by atoms with E-state index in [0.29, 0.717) is 37.5 Å². The summed E-state index contributed by atoms with van der Waals surface area (Å²) < 4.78 is 29.0. The first-order valence-corrected chi connectivity index (χ1v) is 10.3. The van der Waals surface area contributed by atoms with Gasteiger partial charge < -0.3 is 4.90 Å². The number of carbonyl (C=O) groups excluding carboxylic acids is 1. The number of Topliss-reactive ketones (excluding diaryl/α,β-unsaturated/α-hetero) is 1. The number of rotatable bonds is 4. The van der Waals surface area contributed by atoms with Crippen LogP contribution in [0.15, 0.2) is 41.6 Å². The average Bonchev–Trinajstić information content (AvgIpc) is 3.16. The van der Waals surface area contributed by atoms with Crippen LogP contribution >= 0.6 is 0 Å². The Hall–Kier alpha value is -2.85. The fraction of sp³-hybridized carbons (Fsp3) is 0.333. The molecule has 10 heteroatoms. The van der Waals surface area contributed by atoms with Crippen molar-refractivity contribution >= 4 is 27.4 Å². The molecule has 0 amide bonds. The normalized spacial score (nSPS) is 15.9. The zero-order valence-corrected chi connectivity index (χ0v) is 16.4. The Morgan fingerprint density at radius 2 is 1.75 bits per heavy atom. The summed E-state index contributed by atoms with van der Waals surface area (Å²) in [5.74, 6) is 1.28. The van der Waals surface area contributed by atoms with E-state index in [9.17, 15) is 13.2 Å². The number of sulfonamides is 1. The first kappa shape index (κ1) is 18.5. The summed E-state index contributed by atoms with van der Waals surface area (Å²) in [5, 5.41) is 4.21. The molecule has 0 radical (unpaired) electrons. The van der Waals surface area contributed by atoms with E-state index in [4.69, 9.17) is 0 Å². The number of benzene rings is 1. The molecule has 0 aliphatic carbocycles. The number of carbonyl (C=O) groups is 1. The van der Waals surface area contributed by atoms with E-state index in [1.165, 1.54) is 29.7 Å². The van der Waals surface area contributed by atoms with Crippen LogP contribution in [0, 0.1) is 6.92 Å². The highest BCUT2D eigenvalue weighted by Gasteiger charge is 2.29. The van der Waals surface area contributed by atoms with Crippen molar-refractivity contribution in [1.29, 1.82) is 0 Å². The summed E-state index contributed by atoms with van der Waals surface area (Å²) in [6, 6.07) is 8.00. The standard InChI is InChI=1S/C18H20N6O3S/c1-13-11-17(24-18(21-13)19-12-20-24)22-7-9-23(10-8-22)28(26,27)16-5-3-15(4-6-16)14(2)25/h3-6,11-12H,7-10H2,1-2H3. The zero-order valence-electron chi connectivity index (χ0n) is 15.6. The van der Waals surface area contributed by atoms with Crippen molar-refractivity contribution < 1.29 is 13.2 Å². The smallest absolute Gasteiger partial charge is 0.254 e. The summed E-state index contributed by atoms with van der Waals surface area (Å²) in [6.07, 6.45) is 1.46. The molecule has 1 saturated heterocycles. The Balaban J connectivity index is 1.53. The van der Waals surface area contributed by atoms with Gasteiger partial charge in [0, 0.05) is 43.5 Å². The Morgan fingerprint density at radius 1 is 1.07 bits per heavy atom. The molecule has 0 atom stereocenters. The predicted molar refractivity (Wildman–Crippen MR) is 103 cm³/mol. The molecule has 4 rings (SSSR count). The van der Waals surface area contributed by atoms with E-state index in [-0.39, 0.29) is 10.7 Å². The van der Waals surface area contributed by atoms with Gasteiger partial charge in [0.1, 0.15) is 12.1 Å². The Labute approximate surface area is 162 Å². The third-order valence-electron chi connectivity index (χ3n) is 4.82. The van der Waals surface area contributed by atoms with Gasteiger partial charge in [-0.05, 0) is 26.0 Å². The third kappa shape index (κ3) is 3.25. The Bertz CT molecular complexity index is 1130. The molecule has 1 aromatic carbocycles. The zero-order chi connectivity index (χ0) is 19.9. The lowest BCUT2D eigenvalue weighted by Crippen LogP contribution is -2.49. The number of nitrogens with zero attached hydrogens (tertiary/aromatic N) is 6. The molecule has 3 heterocycles. The molecule has 2 aromatic heterocycles. The van der Waals surface area contributed by atoms with Crippen LogP contribution in [-0.2, 0) is 10.0 Å². The number of hydrogen-bond donors (Lipinski definition) is 0. The highest BCUT2D eigenvalue weighted by molar-refractivity contribution is 7.89. The second-order valence-electron chi connectivity index (χ2n) is 6.70. The van der Waals surface area contributed by atoms with Gasteiger partial charge >= 0.3 is 0 Å². The van der Waals surface area contributed by atoms with Crippen molar-refractivity contribution in [3.8, 4) is 0 Å². The van der Waals surface area contributed by atoms with Crippen LogP contribution in [0.3, 0.4) is 0 Å². The van der Waals surface area contributed by atoms with Gasteiger partial charge in [0.05, 0.1) is 4.90 Å². The van der Waals surface area contributed by atoms with Crippen molar-refractivity contribution in [3.63, 3.8) is 0 Å². The maximum atomic E-state index is 12.9. The maximum absolute atomic E-state index is 12.9. The van der Waals surface area contributed by atoms with Crippen molar-refractivity contribution in [2.45, 2.75) is 18.7 Å². The minimum atomic E-state index is -3.60. The summed E-state index contributed by atoms with van der Waals surface area (Å²) >= 11 is 0. The van der Waals surface area contributed by atoms with Gasteiger partial charge in [-0.25, -0.2) is 13.4 Å². The Morgan fingerprint density at radius 3 is 2.39 bits per heavy atom. The summed E-state index contributed by atoms with van der Waals surface area (Å²) in [6.45, 7) is 5.12. The topological polar surface area (TPSA) is 101 Å². The molecule has 3 aromatic rings. The number of hydrogen-bond acceptors (Lipinski definition) is 7. The van der Waals surface area contributed by atoms with Gasteiger partial charge in [0.2, 0.25) is 10.0 Å². The Kier molecular flexibility index (Phi) is 4.60. The molecule has 9 nitrogen and oxygen atoms in total. The van der Waals surface area contributed by atoms with E-state index >= 15 is 0 Å². The van der Waals surface area contributed by atoms with E-state index in [0.717, 1.165) is 11.5 Å². The van der Waals surface area contributed by atoms with Crippen LogP contribution in [0.1, 0.15) is 23.0 Å². The number of ketones is 1. The molecular weight excluding hydrogens is 380 g/mol. The minimum absolute atomic E-state index is 0.0929. The molecule has 146 valence electrons. The average molecular weight is 400 g/mol. The van der Waals surface area contributed by atoms with Gasteiger partial charge in [-0.15, -0.1) is 0 Å². The van der Waals surface area contributed by atoms with Gasteiger partial charge in [-0.2, -0.15) is 18.9 Å². The van der Waals surface area contributed by atoms with Crippen LogP contribution in [0.2, 0.25) is 0 Å². The molecule has 0 unspecified atom stereocenters. The third-order valence-corrected chi connectivity index (χ3v) is 6.74. The highest BCUT2D eigenvalue weighted by Crippen LogP contribution is 2.22. The molecule has 0 spiro atoms. The van der Waals surface area contributed by atoms with Gasteiger partial charge in [-0.1, -0.05) is 12.1 Å². The first-order valence-electron chi connectivity index (χ1n) is 8.90. The number of aryl methyl sites for hydroxylation is 1. The molecule has 0 N–H and O–H groups in total. The van der Waals surface area contributed by atoms with Crippen LogP contribution in [0.25, 0.3) is 5.78 Å². The molecule has 1 aliphatic rings. The molecular formula is C18H20N6O3S. The number of fused-ring (bicyclic) bond motifs is 1. The second-order valence-corrected chi connectivity index (χ2v) is 8.64. The lowest BCUT2D eigenvalue weighted by atomic mass is 10.2. The van der Waals surface area contributed by atoms with Crippen LogP contribution in [-0.4, -0.2) is 64.3 Å². The first-order chi connectivity index (χ1) is 13.4. The fourth-order valence-corrected chi connectivity index (χ4v) is 4.73. The minimum Gasteiger partial charge on any atom is -0.354 e. The van der Waals surface area contributed by atoms with E-state index in [1.807, 2.05) is 13.0 Å². The summed E-state index contributed by atoms with van der Waals surface area (Å²) in [5.41, 5.74) is 1.32. The number of piperazine rings is 1. The maximum Gasteiger partial charge on any atom is 0.254 e. The van der Waals surface area contributed by atoms with Gasteiger partial charge in [0.15, 0.2) is 5.78 Å². The second kappa shape index (κ2) is 6.95. The molecule has 1 fully saturated rings. The number of anilines is 1. The van der Waals surface area contributed by atoms with Crippen molar-refractivity contribution in [3.05, 3.63) is 47.9 Å². The summed E-state index contributed by atoms with van der Waals surface area (Å²) in [7, 11) is -3.60. The van der Waals surface area contributed by atoms with Crippen molar-refractivity contribution in [2.24, 2.45) is 0 Å². The predicted octanol–water partition coefficient (Wildman–Crippen LogP) is 1.15. The lowest BCUT2D eigenvalue weighted by molar-refractivity contribution is 0.101. The van der Waals surface area contributed by atoms with Crippen LogP contribution in [0.4, 0.5) is 5.82 Å². The molecule has 0 bridgehead atoms. The van der Waals surface area contributed by atoms with Gasteiger partial charge in [0.25, 0.3) is 5.78 Å². The summed E-state index contributed by atoms with van der Waals surface area (Å²) in [4.78, 5) is 22.1. The van der Waals surface area contributed by atoms with Crippen molar-refractivity contribution in [2.75, 3.05) is 31.1 Å². The van der Waals surface area contributed by atoms with E-state index in [2.05, 4.69) is 20.0 Å². The monoisotopic (exact) mass is 400 g/mol. The largest absolute Gasteiger partial charge is 0.354 e. The quantitative estimate of drug-likeness (QED) is 0.606. The van der Waals surface area contributed by atoms with E-state index < -0.39 is 10.0 Å². The molecule has 28 heavy (non-hydrogen) atoms. The number of aromatic nitrogens is 4.